The standard InChI is InChI=1S/C14H10Cl2S/c1-7-11(15)5-3-9-10-4-6-12(16)8(2)14(10)17-13(7)9/h3-6H,1-2H3. The van der Waals surface area contributed by atoms with Gasteiger partial charge in [-0.05, 0) is 37.1 Å². The molecule has 3 rings (SSSR count). The minimum Gasteiger partial charge on any atom is -0.135 e. The van der Waals surface area contributed by atoms with E-state index in [9.17, 15) is 0 Å². The van der Waals surface area contributed by atoms with Gasteiger partial charge in [0.15, 0.2) is 0 Å². The SMILES string of the molecule is Cc1c(Cl)ccc2c1sc1c(C)c(Cl)ccc12. The minimum absolute atomic E-state index is 0.827. The highest BCUT2D eigenvalue weighted by atomic mass is 35.5. The summed E-state index contributed by atoms with van der Waals surface area (Å²) < 4.78 is 2.52. The lowest BCUT2D eigenvalue weighted by atomic mass is 10.1. The quantitative estimate of drug-likeness (QED) is 0.475. The van der Waals surface area contributed by atoms with E-state index in [0.29, 0.717) is 0 Å². The molecule has 0 aliphatic heterocycles. The van der Waals surface area contributed by atoms with Crippen molar-refractivity contribution in [1.29, 1.82) is 0 Å². The number of halogens is 2. The van der Waals surface area contributed by atoms with Gasteiger partial charge < -0.3 is 0 Å². The van der Waals surface area contributed by atoms with Gasteiger partial charge in [-0.3, -0.25) is 0 Å². The van der Waals surface area contributed by atoms with Crippen LogP contribution < -0.4 is 0 Å². The Labute approximate surface area is 114 Å². The zero-order chi connectivity index (χ0) is 12.2. The van der Waals surface area contributed by atoms with E-state index < -0.39 is 0 Å². The molecule has 0 spiro atoms. The molecule has 1 aromatic heterocycles. The topological polar surface area (TPSA) is 0 Å². The van der Waals surface area contributed by atoms with Gasteiger partial charge in [-0.2, -0.15) is 0 Å². The van der Waals surface area contributed by atoms with Gasteiger partial charge >= 0.3 is 0 Å². The lowest BCUT2D eigenvalue weighted by Crippen LogP contribution is -1.75. The molecule has 1 heterocycles. The Balaban J connectivity index is 2.58. The van der Waals surface area contributed by atoms with Crippen LogP contribution in [0.3, 0.4) is 0 Å². The van der Waals surface area contributed by atoms with E-state index in [4.69, 9.17) is 23.2 Å². The Morgan fingerprint density at radius 1 is 0.765 bits per heavy atom. The molecule has 0 atom stereocenters. The Morgan fingerprint density at radius 3 is 1.59 bits per heavy atom. The molecule has 0 unspecified atom stereocenters. The van der Waals surface area contributed by atoms with Crippen LogP contribution in [-0.4, -0.2) is 0 Å². The molecular weight excluding hydrogens is 271 g/mol. The van der Waals surface area contributed by atoms with E-state index in [1.54, 1.807) is 11.3 Å². The predicted molar refractivity (Wildman–Crippen MR) is 78.8 cm³/mol. The fourth-order valence-corrected chi connectivity index (χ4v) is 3.86. The Kier molecular flexibility index (Phi) is 2.58. The number of rotatable bonds is 0. The molecule has 0 radical (unpaired) electrons. The van der Waals surface area contributed by atoms with E-state index >= 15 is 0 Å². The van der Waals surface area contributed by atoms with Crippen LogP contribution >= 0.6 is 34.5 Å². The van der Waals surface area contributed by atoms with Crippen LogP contribution in [0.15, 0.2) is 24.3 Å². The summed E-state index contributed by atoms with van der Waals surface area (Å²) >= 11 is 14.1. The summed E-state index contributed by atoms with van der Waals surface area (Å²) in [6.45, 7) is 4.13. The normalized spacial score (nSPS) is 11.5. The molecule has 2 aromatic carbocycles. The van der Waals surface area contributed by atoms with Crippen molar-refractivity contribution in [2.45, 2.75) is 13.8 Å². The number of hydrogen-bond acceptors (Lipinski definition) is 1. The predicted octanol–water partition coefficient (Wildman–Crippen LogP) is 5.98. The highest BCUT2D eigenvalue weighted by Gasteiger charge is 2.11. The van der Waals surface area contributed by atoms with Gasteiger partial charge in [0.1, 0.15) is 0 Å². The molecule has 0 saturated heterocycles. The maximum absolute atomic E-state index is 6.17. The van der Waals surface area contributed by atoms with Crippen molar-refractivity contribution in [3.8, 4) is 0 Å². The van der Waals surface area contributed by atoms with Crippen molar-refractivity contribution >= 4 is 54.7 Å². The first-order valence-electron chi connectivity index (χ1n) is 5.36. The molecule has 0 aliphatic carbocycles. The van der Waals surface area contributed by atoms with Crippen LogP contribution in [0.25, 0.3) is 20.2 Å². The van der Waals surface area contributed by atoms with Crippen LogP contribution in [0.5, 0.6) is 0 Å². The van der Waals surface area contributed by atoms with Crippen molar-refractivity contribution in [3.63, 3.8) is 0 Å². The Bertz CT molecular complexity index is 679. The molecular formula is C14H10Cl2S. The minimum atomic E-state index is 0.827. The Hall–Kier alpha value is -0.760. The second-order valence-corrected chi connectivity index (χ2v) is 6.04. The van der Waals surface area contributed by atoms with Crippen molar-refractivity contribution in [2.75, 3.05) is 0 Å². The third kappa shape index (κ3) is 1.57. The van der Waals surface area contributed by atoms with E-state index in [-0.39, 0.29) is 0 Å². The summed E-state index contributed by atoms with van der Waals surface area (Å²) in [5, 5.41) is 4.19. The molecule has 3 aromatic rings. The summed E-state index contributed by atoms with van der Waals surface area (Å²) in [5.74, 6) is 0. The molecule has 0 bridgehead atoms. The van der Waals surface area contributed by atoms with Crippen LogP contribution in [0, 0.1) is 13.8 Å². The van der Waals surface area contributed by atoms with Gasteiger partial charge in [0, 0.05) is 30.2 Å². The van der Waals surface area contributed by atoms with Crippen LogP contribution in [0.1, 0.15) is 11.1 Å². The van der Waals surface area contributed by atoms with E-state index in [1.807, 2.05) is 12.1 Å². The summed E-state index contributed by atoms with van der Waals surface area (Å²) in [6.07, 6.45) is 0. The van der Waals surface area contributed by atoms with Gasteiger partial charge in [-0.25, -0.2) is 0 Å². The van der Waals surface area contributed by atoms with Crippen LogP contribution in [0.2, 0.25) is 10.0 Å². The number of aryl methyl sites for hydroxylation is 2. The van der Waals surface area contributed by atoms with Gasteiger partial charge in [0.25, 0.3) is 0 Å². The first-order chi connectivity index (χ1) is 8.09. The molecule has 0 fully saturated rings. The van der Waals surface area contributed by atoms with Crippen molar-refractivity contribution in [1.82, 2.24) is 0 Å². The highest BCUT2D eigenvalue weighted by molar-refractivity contribution is 7.26. The molecule has 0 nitrogen and oxygen atoms in total. The molecule has 17 heavy (non-hydrogen) atoms. The molecule has 0 saturated carbocycles. The molecule has 0 N–H and O–H groups in total. The van der Waals surface area contributed by atoms with Crippen LogP contribution in [-0.2, 0) is 0 Å². The third-order valence-corrected chi connectivity index (χ3v) is 5.45. The monoisotopic (exact) mass is 280 g/mol. The van der Waals surface area contributed by atoms with Gasteiger partial charge in [-0.1, -0.05) is 35.3 Å². The van der Waals surface area contributed by atoms with E-state index in [2.05, 4.69) is 26.0 Å². The maximum Gasteiger partial charge on any atom is 0.0449 e. The largest absolute Gasteiger partial charge is 0.135 e. The molecule has 0 aliphatic rings. The third-order valence-electron chi connectivity index (χ3n) is 3.17. The number of benzene rings is 2. The van der Waals surface area contributed by atoms with E-state index in [1.165, 1.54) is 20.2 Å². The molecule has 86 valence electrons. The zero-order valence-corrected chi connectivity index (χ0v) is 11.8. The second-order valence-electron chi connectivity index (χ2n) is 4.20. The zero-order valence-electron chi connectivity index (χ0n) is 9.47. The van der Waals surface area contributed by atoms with Gasteiger partial charge in [0.05, 0.1) is 0 Å². The number of fused-ring (bicyclic) bond motifs is 3. The second kappa shape index (κ2) is 3.88. The van der Waals surface area contributed by atoms with Crippen molar-refractivity contribution in [3.05, 3.63) is 45.4 Å². The maximum atomic E-state index is 6.17. The lowest BCUT2D eigenvalue weighted by molar-refractivity contribution is 1.55. The first-order valence-corrected chi connectivity index (χ1v) is 6.93. The summed E-state index contributed by atoms with van der Waals surface area (Å²) in [7, 11) is 0. The lowest BCUT2D eigenvalue weighted by Gasteiger charge is -1.99. The van der Waals surface area contributed by atoms with Gasteiger partial charge in [-0.15, -0.1) is 11.3 Å². The van der Waals surface area contributed by atoms with Crippen LogP contribution in [0.4, 0.5) is 0 Å². The first kappa shape index (κ1) is 11.3. The van der Waals surface area contributed by atoms with Gasteiger partial charge in [0.2, 0.25) is 0 Å². The highest BCUT2D eigenvalue weighted by Crippen LogP contribution is 2.41. The number of hydrogen-bond donors (Lipinski definition) is 0. The fraction of sp³-hybridized carbons (Fsp3) is 0.143. The summed E-state index contributed by atoms with van der Waals surface area (Å²) in [6, 6.07) is 8.12. The van der Waals surface area contributed by atoms with E-state index in [0.717, 1.165) is 21.2 Å². The molecule has 0 amide bonds. The average molecular weight is 281 g/mol. The Morgan fingerprint density at radius 2 is 1.18 bits per heavy atom. The average Bonchev–Trinajstić information content (AvgIpc) is 2.69. The van der Waals surface area contributed by atoms with Crippen molar-refractivity contribution < 1.29 is 0 Å². The summed E-state index contributed by atoms with van der Waals surface area (Å²) in [5.41, 5.74) is 2.31. The smallest absolute Gasteiger partial charge is 0.0449 e. The number of thiophene rings is 1. The van der Waals surface area contributed by atoms with Crippen molar-refractivity contribution in [2.24, 2.45) is 0 Å². The summed E-state index contributed by atoms with van der Waals surface area (Å²) in [4.78, 5) is 0. The fourth-order valence-electron chi connectivity index (χ4n) is 2.12. The molecule has 3 heteroatoms.